The van der Waals surface area contributed by atoms with Crippen molar-refractivity contribution in [3.05, 3.63) is 29.6 Å². The predicted octanol–water partition coefficient (Wildman–Crippen LogP) is 1.15. The minimum Gasteiger partial charge on any atom is -0.469 e. The quantitative estimate of drug-likeness (QED) is 0.843. The third-order valence-electron chi connectivity index (χ3n) is 4.61. The van der Waals surface area contributed by atoms with Crippen molar-refractivity contribution in [1.82, 2.24) is 15.2 Å². The maximum atomic E-state index is 11.5. The van der Waals surface area contributed by atoms with Crippen LogP contribution in [-0.2, 0) is 16.1 Å². The van der Waals surface area contributed by atoms with Crippen LogP contribution in [0.5, 0.6) is 0 Å². The number of esters is 1. The lowest BCUT2D eigenvalue weighted by molar-refractivity contribution is -0.147. The number of aromatic nitrogens is 1. The van der Waals surface area contributed by atoms with Crippen LogP contribution in [0, 0.1) is 5.92 Å². The van der Waals surface area contributed by atoms with Crippen molar-refractivity contribution in [2.24, 2.45) is 5.92 Å². The van der Waals surface area contributed by atoms with E-state index in [4.69, 9.17) is 4.74 Å². The monoisotopic (exact) mass is 289 g/mol. The van der Waals surface area contributed by atoms with Gasteiger partial charge in [0.1, 0.15) is 0 Å². The van der Waals surface area contributed by atoms with Crippen molar-refractivity contribution >= 4 is 5.97 Å². The highest BCUT2D eigenvalue weighted by Crippen LogP contribution is 2.21. The number of carbonyl (C=O) groups is 1. The number of likely N-dealkylation sites (tertiary alicyclic amines) is 1. The molecule has 0 aliphatic carbocycles. The Morgan fingerprint density at radius 3 is 2.67 bits per heavy atom. The van der Waals surface area contributed by atoms with E-state index in [1.807, 2.05) is 6.20 Å². The summed E-state index contributed by atoms with van der Waals surface area (Å²) in [5.74, 6) is 0.654. The number of methoxy groups -OCH3 is 1. The van der Waals surface area contributed by atoms with E-state index >= 15 is 0 Å². The Balaban J connectivity index is 1.49. The number of hydrogen-bond acceptors (Lipinski definition) is 5. The van der Waals surface area contributed by atoms with Crippen LogP contribution in [-0.4, -0.2) is 49.1 Å². The lowest BCUT2D eigenvalue weighted by atomic mass is 9.95. The minimum absolute atomic E-state index is 0.0637. The standard InChI is InChI=1S/C16H23N3O2/c1-21-16(20)12-4-6-19(7-5-12)11-15-3-2-13(10-18-15)14-8-17-9-14/h2-3,10,12,14,17H,4-9,11H2,1H3. The Labute approximate surface area is 125 Å². The molecule has 2 saturated heterocycles. The van der Waals surface area contributed by atoms with E-state index in [-0.39, 0.29) is 11.9 Å². The zero-order valence-corrected chi connectivity index (χ0v) is 12.5. The van der Waals surface area contributed by atoms with Crippen molar-refractivity contribution in [1.29, 1.82) is 0 Å². The molecule has 3 rings (SSSR count). The summed E-state index contributed by atoms with van der Waals surface area (Å²) in [4.78, 5) is 18.5. The van der Waals surface area contributed by atoms with Gasteiger partial charge < -0.3 is 10.1 Å². The molecule has 2 aliphatic rings. The van der Waals surface area contributed by atoms with Crippen LogP contribution in [0.25, 0.3) is 0 Å². The van der Waals surface area contributed by atoms with Gasteiger partial charge in [0, 0.05) is 31.7 Å². The molecule has 1 aromatic rings. The topological polar surface area (TPSA) is 54.5 Å². The van der Waals surface area contributed by atoms with Gasteiger partial charge in [0.2, 0.25) is 0 Å². The van der Waals surface area contributed by atoms with E-state index in [1.165, 1.54) is 12.7 Å². The summed E-state index contributed by atoms with van der Waals surface area (Å²) in [6, 6.07) is 4.34. The van der Waals surface area contributed by atoms with E-state index in [1.54, 1.807) is 0 Å². The molecule has 0 amide bonds. The summed E-state index contributed by atoms with van der Waals surface area (Å²) in [7, 11) is 1.47. The molecule has 3 heterocycles. The molecule has 0 atom stereocenters. The molecule has 1 N–H and O–H groups in total. The van der Waals surface area contributed by atoms with Crippen LogP contribution in [0.4, 0.5) is 0 Å². The molecule has 0 radical (unpaired) electrons. The molecule has 2 fully saturated rings. The van der Waals surface area contributed by atoms with E-state index in [0.29, 0.717) is 5.92 Å². The number of rotatable bonds is 4. The highest BCUT2D eigenvalue weighted by molar-refractivity contribution is 5.72. The number of nitrogens with one attached hydrogen (secondary N) is 1. The molecule has 0 bridgehead atoms. The smallest absolute Gasteiger partial charge is 0.308 e. The average molecular weight is 289 g/mol. The number of hydrogen-bond donors (Lipinski definition) is 1. The van der Waals surface area contributed by atoms with Crippen LogP contribution >= 0.6 is 0 Å². The summed E-state index contributed by atoms with van der Waals surface area (Å²) < 4.78 is 4.82. The first-order valence-corrected chi connectivity index (χ1v) is 7.72. The van der Waals surface area contributed by atoms with Gasteiger partial charge in [0.25, 0.3) is 0 Å². The number of nitrogens with zero attached hydrogens (tertiary/aromatic N) is 2. The van der Waals surface area contributed by atoms with Crippen molar-refractivity contribution < 1.29 is 9.53 Å². The number of carbonyl (C=O) groups excluding carboxylic acids is 1. The van der Waals surface area contributed by atoms with Gasteiger partial charge in [0.15, 0.2) is 0 Å². The molecule has 0 aromatic carbocycles. The first-order chi connectivity index (χ1) is 10.3. The highest BCUT2D eigenvalue weighted by Gasteiger charge is 2.25. The van der Waals surface area contributed by atoms with E-state index in [2.05, 4.69) is 27.3 Å². The highest BCUT2D eigenvalue weighted by atomic mass is 16.5. The van der Waals surface area contributed by atoms with Crippen LogP contribution in [0.1, 0.15) is 30.0 Å². The average Bonchev–Trinajstić information content (AvgIpc) is 2.47. The predicted molar refractivity (Wildman–Crippen MR) is 79.9 cm³/mol. The Kier molecular flexibility index (Phi) is 4.51. The molecule has 0 unspecified atom stereocenters. The van der Waals surface area contributed by atoms with Crippen LogP contribution in [0.15, 0.2) is 18.3 Å². The zero-order chi connectivity index (χ0) is 14.7. The second-order valence-electron chi connectivity index (χ2n) is 6.01. The lowest BCUT2D eigenvalue weighted by Gasteiger charge is -2.30. The van der Waals surface area contributed by atoms with Gasteiger partial charge in [-0.15, -0.1) is 0 Å². The maximum Gasteiger partial charge on any atom is 0.308 e. The zero-order valence-electron chi connectivity index (χ0n) is 12.5. The second kappa shape index (κ2) is 6.54. The number of pyridine rings is 1. The first-order valence-electron chi connectivity index (χ1n) is 7.72. The Bertz CT molecular complexity index is 477. The van der Waals surface area contributed by atoms with Crippen molar-refractivity contribution in [3.8, 4) is 0 Å². The van der Waals surface area contributed by atoms with Crippen LogP contribution in [0.3, 0.4) is 0 Å². The Morgan fingerprint density at radius 2 is 2.14 bits per heavy atom. The summed E-state index contributed by atoms with van der Waals surface area (Å²) in [6.45, 7) is 4.90. The SMILES string of the molecule is COC(=O)C1CCN(Cc2ccc(C3CNC3)cn2)CC1. The fourth-order valence-electron chi connectivity index (χ4n) is 3.02. The fourth-order valence-corrected chi connectivity index (χ4v) is 3.02. The molecule has 1 aromatic heterocycles. The van der Waals surface area contributed by atoms with E-state index < -0.39 is 0 Å². The molecule has 21 heavy (non-hydrogen) atoms. The summed E-state index contributed by atoms with van der Waals surface area (Å²) >= 11 is 0. The van der Waals surface area contributed by atoms with Crippen LogP contribution in [0.2, 0.25) is 0 Å². The fraction of sp³-hybridized carbons (Fsp3) is 0.625. The Morgan fingerprint density at radius 1 is 1.38 bits per heavy atom. The molecule has 5 nitrogen and oxygen atoms in total. The normalized spacial score (nSPS) is 21.0. The summed E-state index contributed by atoms with van der Waals surface area (Å²) in [5.41, 5.74) is 2.45. The Hall–Kier alpha value is -1.46. The van der Waals surface area contributed by atoms with Gasteiger partial charge in [-0.2, -0.15) is 0 Å². The van der Waals surface area contributed by atoms with Crippen molar-refractivity contribution in [2.45, 2.75) is 25.3 Å². The summed E-state index contributed by atoms with van der Waals surface area (Å²) in [6.07, 6.45) is 3.79. The van der Waals surface area contributed by atoms with Gasteiger partial charge >= 0.3 is 5.97 Å². The second-order valence-corrected chi connectivity index (χ2v) is 6.01. The molecular weight excluding hydrogens is 266 g/mol. The molecule has 0 spiro atoms. The van der Waals surface area contributed by atoms with Gasteiger partial charge in [0.05, 0.1) is 18.7 Å². The van der Waals surface area contributed by atoms with Crippen LogP contribution < -0.4 is 5.32 Å². The van der Waals surface area contributed by atoms with E-state index in [0.717, 1.165) is 51.3 Å². The number of ether oxygens (including phenoxy) is 1. The van der Waals surface area contributed by atoms with Gasteiger partial charge in [-0.25, -0.2) is 0 Å². The van der Waals surface area contributed by atoms with Gasteiger partial charge in [-0.05, 0) is 37.6 Å². The number of piperidine rings is 1. The van der Waals surface area contributed by atoms with Gasteiger partial charge in [-0.3, -0.25) is 14.7 Å². The maximum absolute atomic E-state index is 11.5. The molecule has 0 saturated carbocycles. The molecule has 114 valence electrons. The third kappa shape index (κ3) is 3.41. The van der Waals surface area contributed by atoms with Crippen molar-refractivity contribution in [2.75, 3.05) is 33.3 Å². The lowest BCUT2D eigenvalue weighted by Crippen LogP contribution is -2.40. The molecule has 2 aliphatic heterocycles. The molecular formula is C16H23N3O2. The summed E-state index contributed by atoms with van der Waals surface area (Å²) in [5, 5.41) is 3.28. The largest absolute Gasteiger partial charge is 0.469 e. The van der Waals surface area contributed by atoms with Crippen molar-refractivity contribution in [3.63, 3.8) is 0 Å². The minimum atomic E-state index is -0.0637. The first kappa shape index (κ1) is 14.5. The molecule has 5 heteroatoms. The van der Waals surface area contributed by atoms with Gasteiger partial charge in [-0.1, -0.05) is 6.07 Å². The third-order valence-corrected chi connectivity index (χ3v) is 4.61. The van der Waals surface area contributed by atoms with E-state index in [9.17, 15) is 4.79 Å².